The molecule has 0 amide bonds. The number of anilines is 2. The predicted octanol–water partition coefficient (Wildman–Crippen LogP) is 0.433. The molecule has 0 aromatic carbocycles. The van der Waals surface area contributed by atoms with Gasteiger partial charge in [0.25, 0.3) is 0 Å². The first-order valence-electron chi connectivity index (χ1n) is 7.01. The van der Waals surface area contributed by atoms with Crippen molar-refractivity contribution < 1.29 is 9.52 Å². The molecule has 0 spiro atoms. The summed E-state index contributed by atoms with van der Waals surface area (Å²) < 4.78 is 5.08. The Labute approximate surface area is 123 Å². The van der Waals surface area contributed by atoms with Gasteiger partial charge in [-0.3, -0.25) is 4.90 Å². The molecule has 0 atom stereocenters. The molecule has 1 fully saturated rings. The Hall–Kier alpha value is -2.12. The largest absolute Gasteiger partial charge is 0.472 e. The van der Waals surface area contributed by atoms with Crippen LogP contribution in [0.1, 0.15) is 0 Å². The van der Waals surface area contributed by atoms with E-state index in [0.717, 1.165) is 43.3 Å². The van der Waals surface area contributed by atoms with Crippen molar-refractivity contribution in [1.82, 2.24) is 14.9 Å². The summed E-state index contributed by atoms with van der Waals surface area (Å²) in [6, 6.07) is 1.85. The number of nitrogen functional groups attached to an aromatic ring is 1. The van der Waals surface area contributed by atoms with E-state index in [1.54, 1.807) is 18.7 Å². The molecule has 0 saturated carbocycles. The number of furan rings is 1. The topological polar surface area (TPSA) is 91.6 Å². The van der Waals surface area contributed by atoms with Gasteiger partial charge in [0, 0.05) is 38.3 Å². The van der Waals surface area contributed by atoms with Gasteiger partial charge in [-0.2, -0.15) is 0 Å². The van der Waals surface area contributed by atoms with Crippen LogP contribution in [0.25, 0.3) is 11.3 Å². The standard InChI is InChI=1S/C14H19N5O2/c15-13-14(19-4-2-18(3-5-19)6-7-20)17-12(9-16-13)11-1-8-21-10-11/h1,8-10,20H,2-7H2,(H2,15,16). The van der Waals surface area contributed by atoms with Gasteiger partial charge >= 0.3 is 0 Å². The Balaban J connectivity index is 1.78. The lowest BCUT2D eigenvalue weighted by atomic mass is 10.2. The summed E-state index contributed by atoms with van der Waals surface area (Å²) in [5, 5.41) is 8.98. The highest BCUT2D eigenvalue weighted by molar-refractivity contribution is 5.65. The van der Waals surface area contributed by atoms with Crippen LogP contribution in [-0.2, 0) is 0 Å². The van der Waals surface area contributed by atoms with Gasteiger partial charge in [0.2, 0.25) is 0 Å². The first-order chi connectivity index (χ1) is 10.3. The minimum absolute atomic E-state index is 0.192. The lowest BCUT2D eigenvalue weighted by Crippen LogP contribution is -2.47. The summed E-state index contributed by atoms with van der Waals surface area (Å²) in [5.74, 6) is 1.16. The van der Waals surface area contributed by atoms with Gasteiger partial charge in [0.15, 0.2) is 11.6 Å². The zero-order valence-corrected chi connectivity index (χ0v) is 11.8. The summed E-state index contributed by atoms with van der Waals surface area (Å²) in [6.45, 7) is 4.33. The Morgan fingerprint density at radius 1 is 1.29 bits per heavy atom. The average Bonchev–Trinajstić information content (AvgIpc) is 3.03. The third-order valence-electron chi connectivity index (χ3n) is 3.69. The van der Waals surface area contributed by atoms with Crippen molar-refractivity contribution in [3.8, 4) is 11.3 Å². The second-order valence-electron chi connectivity index (χ2n) is 5.03. The maximum atomic E-state index is 8.98. The van der Waals surface area contributed by atoms with E-state index in [0.29, 0.717) is 12.4 Å². The first kappa shape index (κ1) is 13.8. The summed E-state index contributed by atoms with van der Waals surface area (Å²) in [6.07, 6.45) is 4.91. The average molecular weight is 289 g/mol. The summed E-state index contributed by atoms with van der Waals surface area (Å²) in [7, 11) is 0. The number of aromatic nitrogens is 2. The monoisotopic (exact) mass is 289 g/mol. The molecular formula is C14H19N5O2. The fourth-order valence-electron chi connectivity index (χ4n) is 2.50. The van der Waals surface area contributed by atoms with Crippen LogP contribution in [-0.4, -0.2) is 59.3 Å². The molecule has 1 aliphatic heterocycles. The van der Waals surface area contributed by atoms with Crippen LogP contribution in [0.2, 0.25) is 0 Å². The number of aliphatic hydroxyl groups excluding tert-OH is 1. The Morgan fingerprint density at radius 3 is 2.76 bits per heavy atom. The SMILES string of the molecule is Nc1ncc(-c2ccoc2)nc1N1CCN(CCO)CC1. The van der Waals surface area contributed by atoms with E-state index in [9.17, 15) is 0 Å². The van der Waals surface area contributed by atoms with Gasteiger partial charge in [-0.15, -0.1) is 0 Å². The van der Waals surface area contributed by atoms with E-state index < -0.39 is 0 Å². The van der Waals surface area contributed by atoms with E-state index in [2.05, 4.69) is 19.8 Å². The van der Waals surface area contributed by atoms with Gasteiger partial charge in [-0.1, -0.05) is 0 Å². The van der Waals surface area contributed by atoms with E-state index in [1.165, 1.54) is 0 Å². The fraction of sp³-hybridized carbons (Fsp3) is 0.429. The molecule has 1 aliphatic rings. The second-order valence-corrected chi connectivity index (χ2v) is 5.03. The number of rotatable bonds is 4. The molecule has 1 saturated heterocycles. The highest BCUT2D eigenvalue weighted by Crippen LogP contribution is 2.24. The fourth-order valence-corrected chi connectivity index (χ4v) is 2.50. The van der Waals surface area contributed by atoms with E-state index in [-0.39, 0.29) is 6.61 Å². The highest BCUT2D eigenvalue weighted by Gasteiger charge is 2.20. The predicted molar refractivity (Wildman–Crippen MR) is 79.9 cm³/mol. The number of nitrogens with zero attached hydrogens (tertiary/aromatic N) is 4. The normalized spacial score (nSPS) is 16.3. The number of aliphatic hydroxyl groups is 1. The van der Waals surface area contributed by atoms with Crippen molar-refractivity contribution in [1.29, 1.82) is 0 Å². The highest BCUT2D eigenvalue weighted by atomic mass is 16.3. The van der Waals surface area contributed by atoms with Crippen LogP contribution in [0.5, 0.6) is 0 Å². The van der Waals surface area contributed by atoms with Gasteiger partial charge in [-0.05, 0) is 6.07 Å². The van der Waals surface area contributed by atoms with E-state index in [1.807, 2.05) is 6.07 Å². The quantitative estimate of drug-likeness (QED) is 0.843. The molecule has 7 nitrogen and oxygen atoms in total. The molecule has 0 radical (unpaired) electrons. The van der Waals surface area contributed by atoms with E-state index in [4.69, 9.17) is 15.3 Å². The number of hydrogen-bond donors (Lipinski definition) is 2. The lowest BCUT2D eigenvalue weighted by molar-refractivity contribution is 0.188. The lowest BCUT2D eigenvalue weighted by Gasteiger charge is -2.35. The maximum absolute atomic E-state index is 8.98. The van der Waals surface area contributed by atoms with Crippen molar-refractivity contribution in [2.75, 3.05) is 50.0 Å². The summed E-state index contributed by atoms with van der Waals surface area (Å²) >= 11 is 0. The van der Waals surface area contributed by atoms with Crippen LogP contribution >= 0.6 is 0 Å². The molecular weight excluding hydrogens is 270 g/mol. The number of piperazine rings is 1. The zero-order valence-electron chi connectivity index (χ0n) is 11.8. The van der Waals surface area contributed by atoms with E-state index >= 15 is 0 Å². The molecule has 2 aromatic rings. The molecule has 0 aliphatic carbocycles. The molecule has 112 valence electrons. The van der Waals surface area contributed by atoms with Crippen molar-refractivity contribution >= 4 is 11.6 Å². The smallest absolute Gasteiger partial charge is 0.172 e. The zero-order chi connectivity index (χ0) is 14.7. The molecule has 2 aromatic heterocycles. The van der Waals surface area contributed by atoms with Gasteiger partial charge in [0.1, 0.15) is 0 Å². The van der Waals surface area contributed by atoms with Crippen molar-refractivity contribution in [2.45, 2.75) is 0 Å². The van der Waals surface area contributed by atoms with Gasteiger partial charge < -0.3 is 20.2 Å². The Kier molecular flexibility index (Phi) is 4.03. The van der Waals surface area contributed by atoms with Crippen LogP contribution in [0.4, 0.5) is 11.6 Å². The minimum atomic E-state index is 0.192. The minimum Gasteiger partial charge on any atom is -0.472 e. The maximum Gasteiger partial charge on any atom is 0.172 e. The Morgan fingerprint density at radius 2 is 2.10 bits per heavy atom. The van der Waals surface area contributed by atoms with Crippen molar-refractivity contribution in [3.05, 3.63) is 24.8 Å². The third kappa shape index (κ3) is 2.98. The van der Waals surface area contributed by atoms with Crippen LogP contribution in [0, 0.1) is 0 Å². The molecule has 3 heterocycles. The Bertz CT molecular complexity index is 579. The molecule has 3 rings (SSSR count). The van der Waals surface area contributed by atoms with Crippen molar-refractivity contribution in [3.63, 3.8) is 0 Å². The number of β-amino-alcohol motifs (C(OH)–C–C–N with tert-alkyl or cyclic N) is 1. The number of hydrogen-bond acceptors (Lipinski definition) is 7. The molecule has 0 unspecified atom stereocenters. The van der Waals surface area contributed by atoms with Gasteiger partial charge in [0.05, 0.1) is 31.0 Å². The number of nitrogens with two attached hydrogens (primary N) is 1. The summed E-state index contributed by atoms with van der Waals surface area (Å²) in [4.78, 5) is 13.2. The third-order valence-corrected chi connectivity index (χ3v) is 3.69. The molecule has 3 N–H and O–H groups in total. The second kappa shape index (κ2) is 6.11. The van der Waals surface area contributed by atoms with Crippen LogP contribution in [0.15, 0.2) is 29.2 Å². The van der Waals surface area contributed by atoms with Crippen molar-refractivity contribution in [2.24, 2.45) is 0 Å². The molecule has 0 bridgehead atoms. The molecule has 21 heavy (non-hydrogen) atoms. The van der Waals surface area contributed by atoms with Gasteiger partial charge in [-0.25, -0.2) is 9.97 Å². The van der Waals surface area contributed by atoms with Crippen LogP contribution in [0.3, 0.4) is 0 Å². The van der Waals surface area contributed by atoms with Crippen LogP contribution < -0.4 is 10.6 Å². The molecule has 7 heteroatoms. The summed E-state index contributed by atoms with van der Waals surface area (Å²) in [5.41, 5.74) is 7.62. The first-order valence-corrected chi connectivity index (χ1v) is 7.01.